The van der Waals surface area contributed by atoms with Gasteiger partial charge in [-0.15, -0.1) is 0 Å². The molecule has 0 aromatic heterocycles. The molecule has 0 fully saturated rings. The van der Waals surface area contributed by atoms with Gasteiger partial charge in [0, 0.05) is 6.54 Å². The van der Waals surface area contributed by atoms with Crippen molar-refractivity contribution >= 4 is 17.7 Å². The van der Waals surface area contributed by atoms with Gasteiger partial charge in [-0.3, -0.25) is 0 Å². The number of hydrogen-bond acceptors (Lipinski definition) is 1. The minimum Gasteiger partial charge on any atom is -0.379 e. The van der Waals surface area contributed by atoms with Crippen LogP contribution in [0.3, 0.4) is 0 Å². The molecule has 0 amide bonds. The molecular formula is C4H8FNS. The lowest BCUT2D eigenvalue weighted by molar-refractivity contribution is 0.361. The zero-order chi connectivity index (χ0) is 5.70. The number of hydrogen-bond donors (Lipinski definition) is 1. The molecule has 1 unspecified atom stereocenters. The van der Waals surface area contributed by atoms with Crippen LogP contribution in [0, 0.1) is 0 Å². The van der Waals surface area contributed by atoms with Crippen molar-refractivity contribution in [3.8, 4) is 0 Å². The summed E-state index contributed by atoms with van der Waals surface area (Å²) < 4.78 is 11.8. The summed E-state index contributed by atoms with van der Waals surface area (Å²) in [7, 11) is 0. The molecule has 7 heavy (non-hydrogen) atoms. The van der Waals surface area contributed by atoms with Gasteiger partial charge in [-0.2, -0.15) is 0 Å². The fourth-order valence-corrected chi connectivity index (χ4v) is 0.307. The van der Waals surface area contributed by atoms with Crippen LogP contribution >= 0.6 is 12.2 Å². The lowest BCUT2D eigenvalue weighted by Gasteiger charge is -1.96. The molecule has 0 bridgehead atoms. The zero-order valence-electron chi connectivity index (χ0n) is 4.15. The van der Waals surface area contributed by atoms with Gasteiger partial charge in [-0.25, -0.2) is 4.39 Å². The topological polar surface area (TPSA) is 12.0 Å². The molecule has 42 valence electrons. The van der Waals surface area contributed by atoms with E-state index in [1.165, 1.54) is 12.4 Å². The summed E-state index contributed by atoms with van der Waals surface area (Å²) in [5.74, 6) is 0. The molecule has 0 saturated heterocycles. The van der Waals surface area contributed by atoms with Gasteiger partial charge in [-0.1, -0.05) is 12.2 Å². The second-order valence-electron chi connectivity index (χ2n) is 1.31. The minimum atomic E-state index is -0.806. The number of halogens is 1. The normalized spacial score (nSPS) is 12.9. The highest BCUT2D eigenvalue weighted by Gasteiger charge is 1.90. The summed E-state index contributed by atoms with van der Waals surface area (Å²) in [6.07, 6.45) is -0.806. The van der Waals surface area contributed by atoms with Crippen LogP contribution in [0.4, 0.5) is 4.39 Å². The first kappa shape index (κ1) is 6.82. The van der Waals surface area contributed by atoms with E-state index in [0.717, 1.165) is 0 Å². The summed E-state index contributed by atoms with van der Waals surface area (Å²) in [6, 6.07) is 0. The van der Waals surface area contributed by atoms with Crippen molar-refractivity contribution < 1.29 is 4.39 Å². The van der Waals surface area contributed by atoms with Crippen molar-refractivity contribution in [2.45, 2.75) is 13.1 Å². The summed E-state index contributed by atoms with van der Waals surface area (Å²) in [5.41, 5.74) is 1.32. The molecule has 1 atom stereocenters. The van der Waals surface area contributed by atoms with Crippen LogP contribution < -0.4 is 5.32 Å². The molecule has 3 heteroatoms. The van der Waals surface area contributed by atoms with Crippen LogP contribution in [0.25, 0.3) is 0 Å². The second kappa shape index (κ2) is 3.99. The van der Waals surface area contributed by atoms with Gasteiger partial charge in [-0.05, 0) is 6.92 Å². The molecule has 1 N–H and O–H groups in total. The lowest BCUT2D eigenvalue weighted by Crippen LogP contribution is -2.18. The van der Waals surface area contributed by atoms with E-state index < -0.39 is 6.17 Å². The van der Waals surface area contributed by atoms with Gasteiger partial charge < -0.3 is 5.32 Å². The molecule has 0 aliphatic rings. The summed E-state index contributed by atoms with van der Waals surface area (Å²) in [6.45, 7) is 1.80. The Morgan fingerprint density at radius 3 is 2.71 bits per heavy atom. The fraction of sp³-hybridized carbons (Fsp3) is 0.750. The average Bonchev–Trinajstić information content (AvgIpc) is 1.61. The Hall–Kier alpha value is -0.180. The smallest absolute Gasteiger partial charge is 0.114 e. The Morgan fingerprint density at radius 2 is 2.57 bits per heavy atom. The van der Waals surface area contributed by atoms with Gasteiger partial charge in [0.1, 0.15) is 6.17 Å². The van der Waals surface area contributed by atoms with E-state index in [1.807, 2.05) is 0 Å². The number of rotatable bonds is 3. The van der Waals surface area contributed by atoms with Crippen molar-refractivity contribution in [3.63, 3.8) is 0 Å². The third kappa shape index (κ3) is 5.82. The molecule has 0 saturated carbocycles. The molecule has 0 aliphatic carbocycles. The van der Waals surface area contributed by atoms with E-state index in [0.29, 0.717) is 6.54 Å². The van der Waals surface area contributed by atoms with Crippen LogP contribution in [0.2, 0.25) is 0 Å². The highest BCUT2D eigenvalue weighted by Crippen LogP contribution is 1.80. The van der Waals surface area contributed by atoms with E-state index in [2.05, 4.69) is 17.5 Å². The predicted octanol–water partition coefficient (Wildman–Crippen LogP) is 0.891. The molecule has 0 aromatic carbocycles. The number of thiocarbonyl (C=S) groups is 1. The molecule has 0 aliphatic heterocycles. The third-order valence-corrected chi connectivity index (χ3v) is 0.649. The molecule has 0 rings (SSSR count). The maximum atomic E-state index is 11.8. The monoisotopic (exact) mass is 121 g/mol. The highest BCUT2D eigenvalue weighted by molar-refractivity contribution is 7.78. The van der Waals surface area contributed by atoms with Crippen molar-refractivity contribution in [1.29, 1.82) is 0 Å². The Kier molecular flexibility index (Phi) is 3.89. The average molecular weight is 121 g/mol. The lowest BCUT2D eigenvalue weighted by atomic mass is 10.4. The second-order valence-corrected chi connectivity index (χ2v) is 1.54. The van der Waals surface area contributed by atoms with E-state index in [4.69, 9.17) is 0 Å². The Morgan fingerprint density at radius 1 is 2.00 bits per heavy atom. The van der Waals surface area contributed by atoms with Crippen LogP contribution in [-0.2, 0) is 0 Å². The van der Waals surface area contributed by atoms with E-state index in [9.17, 15) is 4.39 Å². The van der Waals surface area contributed by atoms with Crippen LogP contribution in [-0.4, -0.2) is 18.2 Å². The van der Waals surface area contributed by atoms with E-state index in [1.54, 1.807) is 0 Å². The van der Waals surface area contributed by atoms with Gasteiger partial charge in [0.2, 0.25) is 0 Å². The summed E-state index contributed by atoms with van der Waals surface area (Å²) in [4.78, 5) is 0. The van der Waals surface area contributed by atoms with Crippen molar-refractivity contribution in [3.05, 3.63) is 0 Å². The molecule has 0 radical (unpaired) electrons. The standard InChI is InChI=1S/C4H8FNS/c1-4(5)2-6-3-7/h3-4H,2H2,1H3,(H,6,7). The first-order chi connectivity index (χ1) is 3.27. The third-order valence-electron chi connectivity index (χ3n) is 0.482. The van der Waals surface area contributed by atoms with Gasteiger partial charge in [0.15, 0.2) is 0 Å². The Bertz CT molecular complexity index is 55.7. The molecule has 0 heterocycles. The van der Waals surface area contributed by atoms with Gasteiger partial charge in [0.05, 0.1) is 5.49 Å². The molecule has 0 aromatic rings. The highest BCUT2D eigenvalue weighted by atomic mass is 32.1. The molecule has 0 spiro atoms. The van der Waals surface area contributed by atoms with Crippen molar-refractivity contribution in [2.24, 2.45) is 0 Å². The van der Waals surface area contributed by atoms with Crippen LogP contribution in [0.15, 0.2) is 0 Å². The first-order valence-corrected chi connectivity index (χ1v) is 2.55. The van der Waals surface area contributed by atoms with Crippen molar-refractivity contribution in [1.82, 2.24) is 5.32 Å². The maximum absolute atomic E-state index is 11.8. The largest absolute Gasteiger partial charge is 0.379 e. The Labute approximate surface area is 47.9 Å². The van der Waals surface area contributed by atoms with E-state index >= 15 is 0 Å². The van der Waals surface area contributed by atoms with Gasteiger partial charge >= 0.3 is 0 Å². The molecular weight excluding hydrogens is 113 g/mol. The summed E-state index contributed by atoms with van der Waals surface area (Å²) >= 11 is 4.37. The van der Waals surface area contributed by atoms with E-state index in [-0.39, 0.29) is 0 Å². The SMILES string of the molecule is CC(F)CNC=S. The summed E-state index contributed by atoms with van der Waals surface area (Å²) in [5, 5.41) is 2.56. The predicted molar refractivity (Wildman–Crippen MR) is 32.2 cm³/mol. The minimum absolute atomic E-state index is 0.323. The van der Waals surface area contributed by atoms with Crippen molar-refractivity contribution in [2.75, 3.05) is 6.54 Å². The quantitative estimate of drug-likeness (QED) is 0.556. The zero-order valence-corrected chi connectivity index (χ0v) is 4.96. The number of nitrogens with one attached hydrogen (secondary N) is 1. The molecule has 1 nitrogen and oxygen atoms in total. The van der Waals surface area contributed by atoms with Gasteiger partial charge in [0.25, 0.3) is 0 Å². The number of alkyl halides is 1. The first-order valence-electron chi connectivity index (χ1n) is 2.08. The fourth-order valence-electron chi connectivity index (χ4n) is 0.211. The van der Waals surface area contributed by atoms with Crippen LogP contribution in [0.5, 0.6) is 0 Å². The maximum Gasteiger partial charge on any atom is 0.114 e. The van der Waals surface area contributed by atoms with Crippen LogP contribution in [0.1, 0.15) is 6.92 Å². The Balaban J connectivity index is 2.81.